The molecule has 3 rings (SSSR count). The summed E-state index contributed by atoms with van der Waals surface area (Å²) in [7, 11) is 0. The van der Waals surface area contributed by atoms with E-state index in [9.17, 15) is 14.7 Å². The molecule has 2 aliphatic carbocycles. The number of thiazole rings is 1. The number of fused-ring (bicyclic) bond motifs is 2. The van der Waals surface area contributed by atoms with Gasteiger partial charge in [0.05, 0.1) is 11.6 Å². The lowest BCUT2D eigenvalue weighted by molar-refractivity contribution is -0.313. The van der Waals surface area contributed by atoms with Gasteiger partial charge in [-0.2, -0.15) is 0 Å². The number of nitrogens with one attached hydrogen (secondary N) is 1. The summed E-state index contributed by atoms with van der Waals surface area (Å²) >= 11 is 1.37. The van der Waals surface area contributed by atoms with Crippen molar-refractivity contribution >= 4 is 28.3 Å². The van der Waals surface area contributed by atoms with E-state index < -0.39 is 17.8 Å². The van der Waals surface area contributed by atoms with Crippen LogP contribution in [0.1, 0.15) is 32.9 Å². The van der Waals surface area contributed by atoms with Crippen LogP contribution in [0.5, 0.6) is 0 Å². The van der Waals surface area contributed by atoms with E-state index in [0.717, 1.165) is 12.1 Å². The molecule has 0 spiro atoms. The Morgan fingerprint density at radius 1 is 1.27 bits per heavy atom. The van der Waals surface area contributed by atoms with Crippen molar-refractivity contribution in [2.24, 2.45) is 23.7 Å². The highest BCUT2D eigenvalue weighted by Gasteiger charge is 2.48. The standard InChI is InChI=1S/C16H20N2O3S/c1-16(2,3)10-7-22-15(17-10)18-13(19)11-8-4-5-9(6-8)12(11)14(20)21/h4-5,7-9,11-12H,6H2,1-3H3,(H,20,21)(H,17,18,19)/p-1/t8-,9-,11-,12-/m0/s1. The molecule has 1 saturated carbocycles. The van der Waals surface area contributed by atoms with Crippen molar-refractivity contribution < 1.29 is 14.7 Å². The maximum absolute atomic E-state index is 12.5. The Kier molecular flexibility index (Phi) is 3.59. The number of amides is 1. The van der Waals surface area contributed by atoms with E-state index in [1.807, 2.05) is 17.5 Å². The van der Waals surface area contributed by atoms with Gasteiger partial charge in [0.1, 0.15) is 0 Å². The summed E-state index contributed by atoms with van der Waals surface area (Å²) in [5.41, 5.74) is 0.833. The first-order chi connectivity index (χ1) is 10.3. The summed E-state index contributed by atoms with van der Waals surface area (Å²) < 4.78 is 0. The summed E-state index contributed by atoms with van der Waals surface area (Å²) in [5, 5.41) is 16.6. The van der Waals surface area contributed by atoms with E-state index in [-0.39, 0.29) is 23.2 Å². The molecule has 1 fully saturated rings. The predicted molar refractivity (Wildman–Crippen MR) is 82.2 cm³/mol. The molecule has 22 heavy (non-hydrogen) atoms. The number of carboxylic acids is 1. The van der Waals surface area contributed by atoms with E-state index in [0.29, 0.717) is 5.13 Å². The number of hydrogen-bond donors (Lipinski definition) is 1. The van der Waals surface area contributed by atoms with Crippen LogP contribution in [0.15, 0.2) is 17.5 Å². The zero-order chi connectivity index (χ0) is 16.1. The smallest absolute Gasteiger partial charge is 0.230 e. The van der Waals surface area contributed by atoms with Crippen LogP contribution in [0, 0.1) is 23.7 Å². The Morgan fingerprint density at radius 3 is 2.45 bits per heavy atom. The van der Waals surface area contributed by atoms with E-state index in [4.69, 9.17) is 0 Å². The highest BCUT2D eigenvalue weighted by Crippen LogP contribution is 2.48. The second-order valence-corrected chi connectivity index (χ2v) is 7.95. The molecule has 118 valence electrons. The van der Waals surface area contributed by atoms with Gasteiger partial charge in [0.25, 0.3) is 0 Å². The number of carboxylic acid groups (broad SMARTS) is 1. The summed E-state index contributed by atoms with van der Waals surface area (Å²) in [6.07, 6.45) is 4.58. The summed E-state index contributed by atoms with van der Waals surface area (Å²) in [4.78, 5) is 28.3. The van der Waals surface area contributed by atoms with Crippen LogP contribution < -0.4 is 10.4 Å². The lowest BCUT2D eigenvalue weighted by Crippen LogP contribution is -2.42. The number of rotatable bonds is 3. The van der Waals surface area contributed by atoms with Crippen molar-refractivity contribution in [3.63, 3.8) is 0 Å². The average Bonchev–Trinajstić information content (AvgIpc) is 3.11. The molecule has 2 aliphatic rings. The largest absolute Gasteiger partial charge is 0.550 e. The summed E-state index contributed by atoms with van der Waals surface area (Å²) in [5.74, 6) is -2.76. The van der Waals surface area contributed by atoms with Crippen LogP contribution in [0.3, 0.4) is 0 Å². The highest BCUT2D eigenvalue weighted by atomic mass is 32.1. The summed E-state index contributed by atoms with van der Waals surface area (Å²) in [6, 6.07) is 0. The number of carbonyl (C=O) groups excluding carboxylic acids is 2. The SMILES string of the molecule is CC(C)(C)c1csc(NC(=O)[C@@H]2[C@@H](C(=O)[O-])[C@H]3C=C[C@H]2C3)n1. The molecular weight excluding hydrogens is 300 g/mol. The molecule has 1 aromatic rings. The molecular formula is C16H19N2O3S-. The van der Waals surface area contributed by atoms with Gasteiger partial charge >= 0.3 is 0 Å². The number of anilines is 1. The molecule has 1 N–H and O–H groups in total. The Bertz CT molecular complexity index is 644. The van der Waals surface area contributed by atoms with Crippen molar-refractivity contribution in [2.75, 3.05) is 5.32 Å². The minimum Gasteiger partial charge on any atom is -0.550 e. The third kappa shape index (κ3) is 2.56. The number of hydrogen-bond acceptors (Lipinski definition) is 5. The Hall–Kier alpha value is -1.69. The Balaban J connectivity index is 1.76. The lowest BCUT2D eigenvalue weighted by atomic mass is 9.82. The van der Waals surface area contributed by atoms with Crippen LogP contribution in [-0.4, -0.2) is 16.9 Å². The number of allylic oxidation sites excluding steroid dienone is 2. The Morgan fingerprint density at radius 2 is 1.91 bits per heavy atom. The van der Waals surface area contributed by atoms with Crippen LogP contribution in [0.25, 0.3) is 0 Å². The maximum Gasteiger partial charge on any atom is 0.230 e. The molecule has 1 aromatic heterocycles. The van der Waals surface area contributed by atoms with Gasteiger partial charge in [0.15, 0.2) is 5.13 Å². The highest BCUT2D eigenvalue weighted by molar-refractivity contribution is 7.13. The minimum atomic E-state index is -1.13. The second-order valence-electron chi connectivity index (χ2n) is 7.10. The second kappa shape index (κ2) is 5.19. The van der Waals surface area contributed by atoms with Crippen molar-refractivity contribution in [3.05, 3.63) is 23.2 Å². The zero-order valence-corrected chi connectivity index (χ0v) is 13.6. The average molecular weight is 319 g/mol. The predicted octanol–water partition coefficient (Wildman–Crippen LogP) is 1.57. The summed E-state index contributed by atoms with van der Waals surface area (Å²) in [6.45, 7) is 6.17. The number of carbonyl (C=O) groups is 2. The normalized spacial score (nSPS) is 29.8. The molecule has 1 heterocycles. The van der Waals surface area contributed by atoms with Crippen LogP contribution in [0.2, 0.25) is 0 Å². The molecule has 0 unspecified atom stereocenters. The van der Waals surface area contributed by atoms with Crippen molar-refractivity contribution in [3.8, 4) is 0 Å². The molecule has 6 heteroatoms. The van der Waals surface area contributed by atoms with Gasteiger partial charge in [-0.25, -0.2) is 4.98 Å². The van der Waals surface area contributed by atoms with E-state index in [2.05, 4.69) is 31.1 Å². The molecule has 0 aliphatic heterocycles. The monoisotopic (exact) mass is 319 g/mol. The first-order valence-electron chi connectivity index (χ1n) is 7.43. The fourth-order valence-electron chi connectivity index (χ4n) is 3.37. The fraction of sp³-hybridized carbons (Fsp3) is 0.562. The van der Waals surface area contributed by atoms with Crippen molar-refractivity contribution in [1.29, 1.82) is 0 Å². The number of nitrogens with zero attached hydrogens (tertiary/aromatic N) is 1. The number of aromatic nitrogens is 1. The van der Waals surface area contributed by atoms with Crippen LogP contribution >= 0.6 is 11.3 Å². The minimum absolute atomic E-state index is 0.00468. The van der Waals surface area contributed by atoms with E-state index >= 15 is 0 Å². The maximum atomic E-state index is 12.5. The first-order valence-corrected chi connectivity index (χ1v) is 8.31. The van der Waals surface area contributed by atoms with Gasteiger partial charge in [0.2, 0.25) is 5.91 Å². The third-order valence-corrected chi connectivity index (χ3v) is 5.29. The fourth-order valence-corrected chi connectivity index (χ4v) is 4.31. The van der Waals surface area contributed by atoms with Gasteiger partial charge in [-0.05, 0) is 18.3 Å². The number of aliphatic carboxylic acids is 1. The van der Waals surface area contributed by atoms with Crippen molar-refractivity contribution in [2.45, 2.75) is 32.6 Å². The molecule has 0 radical (unpaired) electrons. The lowest BCUT2D eigenvalue weighted by Gasteiger charge is -2.27. The van der Waals surface area contributed by atoms with Gasteiger partial charge < -0.3 is 15.2 Å². The third-order valence-electron chi connectivity index (χ3n) is 4.54. The molecule has 5 nitrogen and oxygen atoms in total. The van der Waals surface area contributed by atoms with Gasteiger partial charge in [0, 0.05) is 22.7 Å². The van der Waals surface area contributed by atoms with E-state index in [1.54, 1.807) is 0 Å². The first kappa shape index (κ1) is 15.2. The quantitative estimate of drug-likeness (QED) is 0.857. The Labute approximate surface area is 133 Å². The molecule has 2 bridgehead atoms. The molecule has 0 saturated heterocycles. The van der Waals surface area contributed by atoms with Gasteiger partial charge in [-0.15, -0.1) is 11.3 Å². The van der Waals surface area contributed by atoms with Crippen molar-refractivity contribution in [1.82, 2.24) is 4.98 Å². The van der Waals surface area contributed by atoms with Crippen LogP contribution in [-0.2, 0) is 15.0 Å². The van der Waals surface area contributed by atoms with Gasteiger partial charge in [-0.1, -0.05) is 32.9 Å². The topological polar surface area (TPSA) is 82.1 Å². The zero-order valence-electron chi connectivity index (χ0n) is 12.8. The van der Waals surface area contributed by atoms with E-state index in [1.165, 1.54) is 11.3 Å². The van der Waals surface area contributed by atoms with Gasteiger partial charge in [-0.3, -0.25) is 4.79 Å². The molecule has 4 atom stereocenters. The molecule has 0 aromatic carbocycles. The van der Waals surface area contributed by atoms with Crippen LogP contribution in [0.4, 0.5) is 5.13 Å². The molecule has 1 amide bonds.